The first-order valence-corrected chi connectivity index (χ1v) is 7.70. The minimum absolute atomic E-state index is 0.0311. The summed E-state index contributed by atoms with van der Waals surface area (Å²) in [6, 6.07) is 6.19. The van der Waals surface area contributed by atoms with Crippen molar-refractivity contribution in [1.82, 2.24) is 0 Å². The number of halogens is 1. The molecule has 0 saturated carbocycles. The van der Waals surface area contributed by atoms with E-state index in [1.807, 2.05) is 13.0 Å². The maximum absolute atomic E-state index is 6.14. The fourth-order valence-corrected chi connectivity index (χ4v) is 2.84. The number of rotatable bonds is 6. The molecule has 96 valence electrons. The normalized spacial score (nSPS) is 15.1. The Hall–Kier alpha value is -0.300. The Labute approximate surface area is 110 Å². The first-order chi connectivity index (χ1) is 8.09. The molecule has 2 nitrogen and oxygen atoms in total. The van der Waals surface area contributed by atoms with Crippen LogP contribution in [0.5, 0.6) is 5.75 Å². The van der Waals surface area contributed by atoms with Gasteiger partial charge in [-0.05, 0) is 26.8 Å². The summed E-state index contributed by atoms with van der Waals surface area (Å²) in [5, 5.41) is -0.0311. The molecule has 0 amide bonds. The van der Waals surface area contributed by atoms with Gasteiger partial charge in [0.1, 0.15) is 5.75 Å². The fraction of sp³-hybridized carbons (Fsp3) is 0.538. The highest BCUT2D eigenvalue weighted by Crippen LogP contribution is 2.50. The molecule has 0 aliphatic carbocycles. The van der Waals surface area contributed by atoms with Crippen molar-refractivity contribution in [2.24, 2.45) is 0 Å². The van der Waals surface area contributed by atoms with Crippen molar-refractivity contribution in [2.45, 2.75) is 32.3 Å². The topological polar surface area (TPSA) is 18.5 Å². The van der Waals surface area contributed by atoms with Gasteiger partial charge in [0.2, 0.25) is 0 Å². The Bertz CT molecular complexity index is 364. The molecule has 0 aliphatic heterocycles. The van der Waals surface area contributed by atoms with Gasteiger partial charge in [-0.2, -0.15) is 0 Å². The second-order valence-corrected chi connectivity index (χ2v) is 6.14. The van der Waals surface area contributed by atoms with E-state index in [2.05, 4.69) is 26.0 Å². The minimum Gasteiger partial charge on any atom is -0.467 e. The van der Waals surface area contributed by atoms with Gasteiger partial charge in [0.15, 0.2) is 6.79 Å². The van der Waals surface area contributed by atoms with Gasteiger partial charge in [-0.3, -0.25) is 0 Å². The maximum Gasteiger partial charge on any atom is 0.188 e. The Morgan fingerprint density at radius 2 is 2.12 bits per heavy atom. The molecule has 2 atom stereocenters. The SMILES string of the molecule is CCC(C)(PCl)c1cccc(C)c1OCOC. The molecule has 0 spiro atoms. The predicted octanol–water partition coefficient (Wildman–Crippen LogP) is 4.44. The van der Waals surface area contributed by atoms with Crippen LogP contribution in [0.2, 0.25) is 0 Å². The van der Waals surface area contributed by atoms with Gasteiger partial charge >= 0.3 is 0 Å². The number of hydrogen-bond acceptors (Lipinski definition) is 2. The molecule has 0 aliphatic rings. The van der Waals surface area contributed by atoms with Gasteiger partial charge in [-0.25, -0.2) is 0 Å². The molecule has 0 aromatic heterocycles. The second-order valence-electron chi connectivity index (χ2n) is 4.28. The molecule has 0 heterocycles. The number of methoxy groups -OCH3 is 1. The summed E-state index contributed by atoms with van der Waals surface area (Å²) in [4.78, 5) is 0. The largest absolute Gasteiger partial charge is 0.467 e. The number of aryl methyl sites for hydroxylation is 1. The Morgan fingerprint density at radius 3 is 2.65 bits per heavy atom. The zero-order chi connectivity index (χ0) is 12.9. The zero-order valence-corrected chi connectivity index (χ0v) is 12.6. The first kappa shape index (κ1) is 14.8. The van der Waals surface area contributed by atoms with Crippen molar-refractivity contribution < 1.29 is 9.47 Å². The summed E-state index contributed by atoms with van der Waals surface area (Å²) in [7, 11) is 1.95. The van der Waals surface area contributed by atoms with E-state index in [9.17, 15) is 0 Å². The van der Waals surface area contributed by atoms with E-state index in [0.29, 0.717) is 7.93 Å². The summed E-state index contributed by atoms with van der Waals surface area (Å²) in [6.07, 6.45) is 0.988. The zero-order valence-electron chi connectivity index (χ0n) is 10.8. The third-order valence-electron chi connectivity index (χ3n) is 3.04. The van der Waals surface area contributed by atoms with E-state index >= 15 is 0 Å². The summed E-state index contributed by atoms with van der Waals surface area (Å²) < 4.78 is 10.7. The second kappa shape index (κ2) is 6.58. The van der Waals surface area contributed by atoms with Crippen LogP contribution in [0, 0.1) is 6.92 Å². The lowest BCUT2D eigenvalue weighted by molar-refractivity contribution is 0.0495. The van der Waals surface area contributed by atoms with Gasteiger partial charge < -0.3 is 9.47 Å². The Kier molecular flexibility index (Phi) is 5.72. The summed E-state index contributed by atoms with van der Waals surface area (Å²) in [6.45, 7) is 6.63. The van der Waals surface area contributed by atoms with E-state index in [-0.39, 0.29) is 11.9 Å². The van der Waals surface area contributed by atoms with E-state index in [4.69, 9.17) is 20.7 Å². The molecule has 2 unspecified atom stereocenters. The summed E-state index contributed by atoms with van der Waals surface area (Å²) >= 11 is 6.14. The van der Waals surface area contributed by atoms with Crippen LogP contribution in [0.1, 0.15) is 31.4 Å². The van der Waals surface area contributed by atoms with Gasteiger partial charge in [0, 0.05) is 17.8 Å². The van der Waals surface area contributed by atoms with Crippen LogP contribution in [0.3, 0.4) is 0 Å². The monoisotopic (exact) mass is 274 g/mol. The standard InChI is InChI=1S/C13H20ClO2P/c1-5-13(3,17-14)11-8-6-7-10(2)12(11)16-9-15-4/h6-8,17H,5,9H2,1-4H3. The third-order valence-corrected chi connectivity index (χ3v) is 5.33. The smallest absolute Gasteiger partial charge is 0.188 e. The van der Waals surface area contributed by atoms with Gasteiger partial charge in [0.25, 0.3) is 0 Å². The fourth-order valence-electron chi connectivity index (χ4n) is 1.70. The van der Waals surface area contributed by atoms with Gasteiger partial charge in [-0.15, -0.1) is 0 Å². The molecule has 0 saturated heterocycles. The molecule has 0 radical (unpaired) electrons. The number of para-hydroxylation sites is 1. The molecule has 1 aromatic rings. The van der Waals surface area contributed by atoms with E-state index in [1.165, 1.54) is 5.56 Å². The number of hydrogen-bond donors (Lipinski definition) is 0. The van der Waals surface area contributed by atoms with Crippen LogP contribution in [0.4, 0.5) is 0 Å². The highest BCUT2D eigenvalue weighted by Gasteiger charge is 2.28. The highest BCUT2D eigenvalue weighted by molar-refractivity contribution is 7.69. The van der Waals surface area contributed by atoms with E-state index in [0.717, 1.165) is 17.7 Å². The van der Waals surface area contributed by atoms with Crippen molar-refractivity contribution in [3.8, 4) is 5.75 Å². The van der Waals surface area contributed by atoms with Crippen molar-refractivity contribution in [3.05, 3.63) is 29.3 Å². The van der Waals surface area contributed by atoms with Crippen molar-refractivity contribution >= 4 is 19.2 Å². The van der Waals surface area contributed by atoms with E-state index in [1.54, 1.807) is 7.11 Å². The van der Waals surface area contributed by atoms with Crippen molar-refractivity contribution in [2.75, 3.05) is 13.9 Å². The lowest BCUT2D eigenvalue weighted by atomic mass is 9.94. The van der Waals surface area contributed by atoms with Crippen LogP contribution >= 0.6 is 19.2 Å². The Balaban J connectivity index is 3.17. The van der Waals surface area contributed by atoms with E-state index < -0.39 is 0 Å². The molecular weight excluding hydrogens is 255 g/mol. The molecule has 1 rings (SSSR count). The molecule has 1 aromatic carbocycles. The summed E-state index contributed by atoms with van der Waals surface area (Å²) in [5.74, 6) is 0.909. The van der Waals surface area contributed by atoms with Crippen LogP contribution in [0.25, 0.3) is 0 Å². The third kappa shape index (κ3) is 3.34. The highest BCUT2D eigenvalue weighted by atomic mass is 35.7. The lowest BCUT2D eigenvalue weighted by Crippen LogP contribution is -2.16. The van der Waals surface area contributed by atoms with Crippen molar-refractivity contribution in [3.63, 3.8) is 0 Å². The van der Waals surface area contributed by atoms with Crippen LogP contribution in [-0.2, 0) is 9.89 Å². The molecule has 0 N–H and O–H groups in total. The Morgan fingerprint density at radius 1 is 1.41 bits per heavy atom. The average Bonchev–Trinajstić information content (AvgIpc) is 2.36. The van der Waals surface area contributed by atoms with Crippen LogP contribution in [0.15, 0.2) is 18.2 Å². The maximum atomic E-state index is 6.14. The quantitative estimate of drug-likeness (QED) is 0.564. The average molecular weight is 275 g/mol. The van der Waals surface area contributed by atoms with Crippen LogP contribution in [-0.4, -0.2) is 13.9 Å². The molecule has 17 heavy (non-hydrogen) atoms. The summed E-state index contributed by atoms with van der Waals surface area (Å²) in [5.41, 5.74) is 2.29. The number of ether oxygens (including phenoxy) is 2. The van der Waals surface area contributed by atoms with Gasteiger partial charge in [0.05, 0.1) is 0 Å². The van der Waals surface area contributed by atoms with Crippen LogP contribution < -0.4 is 4.74 Å². The molecule has 0 bridgehead atoms. The number of benzene rings is 1. The van der Waals surface area contributed by atoms with Crippen molar-refractivity contribution in [1.29, 1.82) is 0 Å². The predicted molar refractivity (Wildman–Crippen MR) is 75.5 cm³/mol. The molecular formula is C13H20ClO2P. The first-order valence-electron chi connectivity index (χ1n) is 5.68. The lowest BCUT2D eigenvalue weighted by Gasteiger charge is -2.28. The molecule has 4 heteroatoms. The van der Waals surface area contributed by atoms with Gasteiger partial charge in [-0.1, -0.05) is 43.3 Å². The molecule has 0 fully saturated rings. The minimum atomic E-state index is -0.0311.